The molecule has 8 nitrogen and oxygen atoms in total. The Labute approximate surface area is 163 Å². The van der Waals surface area contributed by atoms with Crippen molar-refractivity contribution in [3.63, 3.8) is 0 Å². The third-order valence-corrected chi connectivity index (χ3v) is 4.23. The highest BCUT2D eigenvalue weighted by Gasteiger charge is 2.18. The summed E-state index contributed by atoms with van der Waals surface area (Å²) in [6.45, 7) is 5.72. The molecule has 2 aromatic rings. The van der Waals surface area contributed by atoms with Gasteiger partial charge in [-0.05, 0) is 37.6 Å². The van der Waals surface area contributed by atoms with Crippen LogP contribution in [-0.2, 0) is 4.74 Å². The molecule has 0 radical (unpaired) electrons. The van der Waals surface area contributed by atoms with Gasteiger partial charge in [0.15, 0.2) is 0 Å². The van der Waals surface area contributed by atoms with Crippen molar-refractivity contribution < 1.29 is 19.2 Å². The number of hydrogen-bond donors (Lipinski definition) is 1. The van der Waals surface area contributed by atoms with Crippen molar-refractivity contribution in [3.05, 3.63) is 69.3 Å². The highest BCUT2D eigenvalue weighted by Crippen LogP contribution is 2.18. The molecule has 0 saturated heterocycles. The second-order valence-electron chi connectivity index (χ2n) is 6.19. The molecule has 0 spiro atoms. The van der Waals surface area contributed by atoms with Gasteiger partial charge in [0, 0.05) is 43.0 Å². The van der Waals surface area contributed by atoms with E-state index in [9.17, 15) is 19.7 Å². The number of esters is 1. The summed E-state index contributed by atoms with van der Waals surface area (Å²) in [6, 6.07) is 11.6. The van der Waals surface area contributed by atoms with E-state index in [0.29, 0.717) is 13.1 Å². The van der Waals surface area contributed by atoms with Gasteiger partial charge in [-0.2, -0.15) is 0 Å². The second-order valence-corrected chi connectivity index (χ2v) is 6.19. The number of nitro groups is 1. The summed E-state index contributed by atoms with van der Waals surface area (Å²) in [6.07, 6.45) is 0. The molecule has 0 saturated carbocycles. The van der Waals surface area contributed by atoms with Crippen LogP contribution in [0.1, 0.15) is 33.2 Å². The van der Waals surface area contributed by atoms with E-state index < -0.39 is 16.8 Å². The first-order valence-corrected chi connectivity index (χ1v) is 8.83. The van der Waals surface area contributed by atoms with E-state index in [4.69, 9.17) is 0 Å². The van der Waals surface area contributed by atoms with Gasteiger partial charge in [0.1, 0.15) is 0 Å². The average Bonchev–Trinajstić information content (AvgIpc) is 2.70. The lowest BCUT2D eigenvalue weighted by atomic mass is 10.1. The predicted octanol–water partition coefficient (Wildman–Crippen LogP) is 2.95. The number of carbonyl (C=O) groups excluding carboxylic acids is 2. The molecular formula is C20H23N3O5. The summed E-state index contributed by atoms with van der Waals surface area (Å²) in [5.41, 5.74) is 1.85. The first kappa shape index (κ1) is 20.9. The average molecular weight is 385 g/mol. The number of amides is 1. The molecule has 2 rings (SSSR count). The number of anilines is 1. The first-order chi connectivity index (χ1) is 13.3. The Balaban J connectivity index is 2.08. The minimum absolute atomic E-state index is 0.0354. The zero-order chi connectivity index (χ0) is 20.7. The lowest BCUT2D eigenvalue weighted by Gasteiger charge is -2.23. The number of hydrogen-bond acceptors (Lipinski definition) is 6. The number of aryl methyl sites for hydroxylation is 1. The maximum Gasteiger partial charge on any atom is 0.338 e. The fourth-order valence-electron chi connectivity index (χ4n) is 2.78. The molecule has 0 aromatic heterocycles. The number of nitro benzene ring substituents is 1. The summed E-state index contributed by atoms with van der Waals surface area (Å²) >= 11 is 0. The van der Waals surface area contributed by atoms with E-state index in [1.165, 1.54) is 13.2 Å². The molecule has 148 valence electrons. The zero-order valence-corrected chi connectivity index (χ0v) is 16.1. The molecule has 1 amide bonds. The van der Waals surface area contributed by atoms with Crippen LogP contribution in [0.5, 0.6) is 0 Å². The van der Waals surface area contributed by atoms with Crippen LogP contribution in [0.3, 0.4) is 0 Å². The first-order valence-electron chi connectivity index (χ1n) is 8.83. The van der Waals surface area contributed by atoms with E-state index in [-0.39, 0.29) is 16.8 Å². The minimum atomic E-state index is -0.741. The van der Waals surface area contributed by atoms with Gasteiger partial charge in [-0.15, -0.1) is 0 Å². The summed E-state index contributed by atoms with van der Waals surface area (Å²) < 4.78 is 4.59. The van der Waals surface area contributed by atoms with E-state index in [0.717, 1.165) is 29.9 Å². The third-order valence-electron chi connectivity index (χ3n) is 4.23. The monoisotopic (exact) mass is 385 g/mol. The Bertz CT molecular complexity index is 882. The molecule has 0 unspecified atom stereocenters. The van der Waals surface area contributed by atoms with Gasteiger partial charge in [-0.1, -0.05) is 12.1 Å². The topological polar surface area (TPSA) is 102 Å². The minimum Gasteiger partial charge on any atom is -0.465 e. The van der Waals surface area contributed by atoms with Gasteiger partial charge < -0.3 is 15.0 Å². The predicted molar refractivity (Wildman–Crippen MR) is 106 cm³/mol. The van der Waals surface area contributed by atoms with Crippen LogP contribution in [0.15, 0.2) is 42.5 Å². The Morgan fingerprint density at radius 1 is 1.18 bits per heavy atom. The number of carbonyl (C=O) groups is 2. The van der Waals surface area contributed by atoms with Crippen LogP contribution >= 0.6 is 0 Å². The van der Waals surface area contributed by atoms with Gasteiger partial charge in [0.2, 0.25) is 0 Å². The molecule has 0 aliphatic heterocycles. The van der Waals surface area contributed by atoms with Crippen molar-refractivity contribution in [1.29, 1.82) is 0 Å². The number of methoxy groups -OCH3 is 1. The lowest BCUT2D eigenvalue weighted by molar-refractivity contribution is -0.384. The number of likely N-dealkylation sites (N-methyl/N-ethyl adjacent to an activating group) is 1. The number of benzene rings is 2. The van der Waals surface area contributed by atoms with Gasteiger partial charge >= 0.3 is 5.97 Å². The van der Waals surface area contributed by atoms with Crippen molar-refractivity contribution in [2.75, 3.05) is 31.6 Å². The van der Waals surface area contributed by atoms with Crippen LogP contribution < -0.4 is 10.2 Å². The van der Waals surface area contributed by atoms with E-state index in [2.05, 4.69) is 21.0 Å². The van der Waals surface area contributed by atoms with Crippen LogP contribution in [-0.4, -0.2) is 43.5 Å². The third kappa shape index (κ3) is 5.29. The maximum atomic E-state index is 12.4. The summed E-state index contributed by atoms with van der Waals surface area (Å²) in [4.78, 5) is 36.7. The fraction of sp³-hybridized carbons (Fsp3) is 0.300. The molecule has 0 fully saturated rings. The smallest absolute Gasteiger partial charge is 0.338 e. The van der Waals surface area contributed by atoms with Crippen molar-refractivity contribution in [1.82, 2.24) is 5.32 Å². The Morgan fingerprint density at radius 3 is 2.50 bits per heavy atom. The van der Waals surface area contributed by atoms with Crippen LogP contribution in [0.2, 0.25) is 0 Å². The van der Waals surface area contributed by atoms with Gasteiger partial charge in [0.05, 0.1) is 17.6 Å². The van der Waals surface area contributed by atoms with Gasteiger partial charge in [-0.3, -0.25) is 14.9 Å². The molecule has 0 atom stereocenters. The van der Waals surface area contributed by atoms with E-state index >= 15 is 0 Å². The van der Waals surface area contributed by atoms with Crippen molar-refractivity contribution in [2.24, 2.45) is 0 Å². The number of ether oxygens (including phenoxy) is 1. The van der Waals surface area contributed by atoms with Crippen LogP contribution in [0, 0.1) is 17.0 Å². The molecule has 2 aromatic carbocycles. The van der Waals surface area contributed by atoms with Crippen LogP contribution in [0.4, 0.5) is 11.4 Å². The number of non-ortho nitro benzene ring substituents is 1. The standard InChI is InChI=1S/C20H23N3O5/c1-4-22(17-7-5-6-14(2)10-17)9-8-21-19(24)15-11-16(20(25)28-3)13-18(12-15)23(26)27/h5-7,10-13H,4,8-9H2,1-3H3,(H,21,24). The van der Waals surface area contributed by atoms with Crippen LogP contribution in [0.25, 0.3) is 0 Å². The van der Waals surface area contributed by atoms with E-state index in [1.807, 2.05) is 32.0 Å². The van der Waals surface area contributed by atoms with Crippen molar-refractivity contribution >= 4 is 23.3 Å². The Hall–Kier alpha value is -3.42. The quantitative estimate of drug-likeness (QED) is 0.426. The molecular weight excluding hydrogens is 362 g/mol. The molecule has 28 heavy (non-hydrogen) atoms. The lowest BCUT2D eigenvalue weighted by Crippen LogP contribution is -2.35. The van der Waals surface area contributed by atoms with E-state index in [1.54, 1.807) is 0 Å². The highest BCUT2D eigenvalue weighted by atomic mass is 16.6. The summed E-state index contributed by atoms with van der Waals surface area (Å²) in [5.74, 6) is -1.23. The van der Waals surface area contributed by atoms with Crippen molar-refractivity contribution in [3.8, 4) is 0 Å². The Kier molecular flexibility index (Phi) is 7.08. The molecule has 0 heterocycles. The molecule has 8 heteroatoms. The van der Waals surface area contributed by atoms with Gasteiger partial charge in [0.25, 0.3) is 11.6 Å². The normalized spacial score (nSPS) is 10.2. The number of nitrogens with zero attached hydrogens (tertiary/aromatic N) is 2. The summed E-state index contributed by atoms with van der Waals surface area (Å²) in [5, 5.41) is 13.8. The maximum absolute atomic E-state index is 12.4. The SMILES string of the molecule is CCN(CCNC(=O)c1cc(C(=O)OC)cc([N+](=O)[O-])c1)c1cccc(C)c1. The van der Waals surface area contributed by atoms with Crippen molar-refractivity contribution in [2.45, 2.75) is 13.8 Å². The molecule has 0 bridgehead atoms. The number of rotatable bonds is 8. The highest BCUT2D eigenvalue weighted by molar-refractivity contribution is 5.99. The summed E-state index contributed by atoms with van der Waals surface area (Å²) in [7, 11) is 1.17. The second kappa shape index (κ2) is 9.50. The number of nitrogens with one attached hydrogen (secondary N) is 1. The Morgan fingerprint density at radius 2 is 1.89 bits per heavy atom. The fourth-order valence-corrected chi connectivity index (χ4v) is 2.78. The largest absolute Gasteiger partial charge is 0.465 e. The molecule has 0 aliphatic carbocycles. The molecule has 0 aliphatic rings. The van der Waals surface area contributed by atoms with Gasteiger partial charge in [-0.25, -0.2) is 4.79 Å². The zero-order valence-electron chi connectivity index (χ0n) is 16.1. The molecule has 1 N–H and O–H groups in total.